The molecule has 0 atom stereocenters. The van der Waals surface area contributed by atoms with Gasteiger partial charge in [-0.25, -0.2) is 4.39 Å². The van der Waals surface area contributed by atoms with Gasteiger partial charge in [-0.3, -0.25) is 4.79 Å². The van der Waals surface area contributed by atoms with Crippen LogP contribution in [0.2, 0.25) is 0 Å². The van der Waals surface area contributed by atoms with Crippen LogP contribution in [0.4, 0.5) is 17.6 Å². The Kier molecular flexibility index (Phi) is 4.26. The van der Waals surface area contributed by atoms with Crippen molar-refractivity contribution >= 4 is 6.29 Å². The van der Waals surface area contributed by atoms with Gasteiger partial charge in [0, 0.05) is 5.56 Å². The summed E-state index contributed by atoms with van der Waals surface area (Å²) in [6.07, 6.45) is -4.79. The van der Waals surface area contributed by atoms with Crippen LogP contribution in [0.5, 0.6) is 5.75 Å². The maximum atomic E-state index is 13.7. The van der Waals surface area contributed by atoms with Crippen molar-refractivity contribution in [2.45, 2.75) is 12.8 Å². The van der Waals surface area contributed by atoms with Gasteiger partial charge in [0.2, 0.25) is 0 Å². The Bertz CT molecular complexity index is 636. The predicted molar refractivity (Wildman–Crippen MR) is 67.6 cm³/mol. The zero-order valence-corrected chi connectivity index (χ0v) is 10.7. The molecule has 0 heterocycles. The van der Waals surface area contributed by atoms with E-state index in [0.717, 1.165) is 0 Å². The minimum Gasteiger partial charge on any atom is -0.486 e. The molecule has 110 valence electrons. The molecule has 0 unspecified atom stereocenters. The van der Waals surface area contributed by atoms with Crippen molar-refractivity contribution in [1.29, 1.82) is 0 Å². The highest BCUT2D eigenvalue weighted by Gasteiger charge is 2.34. The molecule has 0 radical (unpaired) electrons. The molecule has 0 saturated carbocycles. The highest BCUT2D eigenvalue weighted by atomic mass is 19.4. The van der Waals surface area contributed by atoms with E-state index in [1.807, 2.05) is 0 Å². The number of ether oxygens (including phenoxy) is 1. The minimum atomic E-state index is -4.76. The summed E-state index contributed by atoms with van der Waals surface area (Å²) < 4.78 is 57.0. The van der Waals surface area contributed by atoms with Gasteiger partial charge in [0.15, 0.2) is 17.9 Å². The number of benzene rings is 2. The maximum absolute atomic E-state index is 13.7. The molecule has 0 spiro atoms. The van der Waals surface area contributed by atoms with Crippen LogP contribution in [0.25, 0.3) is 0 Å². The van der Waals surface area contributed by atoms with E-state index >= 15 is 0 Å². The predicted octanol–water partition coefficient (Wildman–Crippen LogP) is 4.24. The lowest BCUT2D eigenvalue weighted by atomic mass is 10.1. The number of hydrogen-bond acceptors (Lipinski definition) is 2. The smallest absolute Gasteiger partial charge is 0.417 e. The van der Waals surface area contributed by atoms with E-state index in [9.17, 15) is 22.4 Å². The molecule has 0 aromatic heterocycles. The van der Waals surface area contributed by atoms with Crippen molar-refractivity contribution in [1.82, 2.24) is 0 Å². The second-order valence-corrected chi connectivity index (χ2v) is 4.26. The molecule has 6 heteroatoms. The zero-order chi connectivity index (χ0) is 15.5. The average Bonchev–Trinajstić information content (AvgIpc) is 2.45. The van der Waals surface area contributed by atoms with E-state index in [4.69, 9.17) is 4.74 Å². The number of aldehydes is 1. The third kappa shape index (κ3) is 3.59. The van der Waals surface area contributed by atoms with Gasteiger partial charge in [0.05, 0.1) is 5.56 Å². The molecule has 2 nitrogen and oxygen atoms in total. The Morgan fingerprint density at radius 2 is 1.76 bits per heavy atom. The highest BCUT2D eigenvalue weighted by molar-refractivity contribution is 5.78. The van der Waals surface area contributed by atoms with Gasteiger partial charge in [0.1, 0.15) is 6.61 Å². The first-order valence-electron chi connectivity index (χ1n) is 5.94. The van der Waals surface area contributed by atoms with Crippen molar-refractivity contribution in [3.05, 3.63) is 65.0 Å². The fourth-order valence-electron chi connectivity index (χ4n) is 1.76. The maximum Gasteiger partial charge on any atom is 0.417 e. The van der Waals surface area contributed by atoms with Crippen LogP contribution in [0.15, 0.2) is 42.5 Å². The second kappa shape index (κ2) is 5.95. The standard InChI is InChI=1S/C15H10F4O2/c16-13-6-11(8-20)12(15(17,18)19)7-14(13)21-9-10-4-2-1-3-5-10/h1-8H,9H2. The summed E-state index contributed by atoms with van der Waals surface area (Å²) in [6.45, 7) is -0.0739. The van der Waals surface area contributed by atoms with Gasteiger partial charge in [-0.05, 0) is 17.7 Å². The van der Waals surface area contributed by atoms with Gasteiger partial charge in [-0.1, -0.05) is 30.3 Å². The quantitative estimate of drug-likeness (QED) is 0.623. The Morgan fingerprint density at radius 1 is 1.10 bits per heavy atom. The lowest BCUT2D eigenvalue weighted by Crippen LogP contribution is -2.10. The third-order valence-electron chi connectivity index (χ3n) is 2.77. The first kappa shape index (κ1) is 15.0. The first-order valence-corrected chi connectivity index (χ1v) is 5.94. The van der Waals surface area contributed by atoms with Crippen LogP contribution in [0, 0.1) is 5.82 Å². The summed E-state index contributed by atoms with van der Waals surface area (Å²) in [7, 11) is 0. The normalized spacial score (nSPS) is 11.2. The van der Waals surface area contributed by atoms with E-state index < -0.39 is 28.9 Å². The van der Waals surface area contributed by atoms with Crippen LogP contribution < -0.4 is 4.74 Å². The summed E-state index contributed by atoms with van der Waals surface area (Å²) in [4.78, 5) is 10.6. The average molecular weight is 298 g/mol. The zero-order valence-electron chi connectivity index (χ0n) is 10.7. The number of carbonyl (C=O) groups excluding carboxylic acids is 1. The Labute approximate surface area is 118 Å². The summed E-state index contributed by atoms with van der Waals surface area (Å²) in [5, 5.41) is 0. The van der Waals surface area contributed by atoms with E-state index in [2.05, 4.69) is 0 Å². The van der Waals surface area contributed by atoms with E-state index in [0.29, 0.717) is 17.7 Å². The Hall–Kier alpha value is -2.37. The number of hydrogen-bond donors (Lipinski definition) is 0. The molecule has 0 aliphatic heterocycles. The van der Waals surface area contributed by atoms with Crippen LogP contribution >= 0.6 is 0 Å². The van der Waals surface area contributed by atoms with Crippen molar-refractivity contribution in [3.8, 4) is 5.75 Å². The third-order valence-corrected chi connectivity index (χ3v) is 2.77. The van der Waals surface area contributed by atoms with Gasteiger partial charge in [-0.2, -0.15) is 13.2 Å². The molecule has 2 aromatic carbocycles. The summed E-state index contributed by atoms with van der Waals surface area (Å²) in [5.74, 6) is -1.56. The molecule has 0 amide bonds. The van der Waals surface area contributed by atoms with Crippen LogP contribution in [0.3, 0.4) is 0 Å². The first-order chi connectivity index (χ1) is 9.91. The molecule has 0 aliphatic rings. The topological polar surface area (TPSA) is 26.3 Å². The molecule has 0 N–H and O–H groups in total. The fourth-order valence-corrected chi connectivity index (χ4v) is 1.76. The van der Waals surface area contributed by atoms with Crippen LogP contribution in [0.1, 0.15) is 21.5 Å². The van der Waals surface area contributed by atoms with Crippen molar-refractivity contribution < 1.29 is 27.1 Å². The van der Waals surface area contributed by atoms with Crippen molar-refractivity contribution in [3.63, 3.8) is 0 Å². The molecular formula is C15H10F4O2. The number of carbonyl (C=O) groups is 1. The SMILES string of the molecule is O=Cc1cc(F)c(OCc2ccccc2)cc1C(F)(F)F. The van der Waals surface area contributed by atoms with Gasteiger partial charge in [-0.15, -0.1) is 0 Å². The Morgan fingerprint density at radius 3 is 2.33 bits per heavy atom. The monoisotopic (exact) mass is 298 g/mol. The Balaban J connectivity index is 2.29. The largest absolute Gasteiger partial charge is 0.486 e. The van der Waals surface area contributed by atoms with Crippen molar-refractivity contribution in [2.75, 3.05) is 0 Å². The molecule has 2 rings (SSSR count). The summed E-state index contributed by atoms with van der Waals surface area (Å²) in [5.41, 5.74) is -1.29. The lowest BCUT2D eigenvalue weighted by molar-refractivity contribution is -0.138. The number of rotatable bonds is 4. The second-order valence-electron chi connectivity index (χ2n) is 4.26. The van der Waals surface area contributed by atoms with Gasteiger partial charge >= 0.3 is 6.18 Å². The molecule has 0 saturated heterocycles. The summed E-state index contributed by atoms with van der Waals surface area (Å²) >= 11 is 0. The van der Waals surface area contributed by atoms with E-state index in [1.165, 1.54) is 0 Å². The lowest BCUT2D eigenvalue weighted by Gasteiger charge is -2.13. The van der Waals surface area contributed by atoms with Gasteiger partial charge < -0.3 is 4.74 Å². The molecule has 21 heavy (non-hydrogen) atoms. The molecule has 2 aromatic rings. The van der Waals surface area contributed by atoms with Crippen LogP contribution in [-0.2, 0) is 12.8 Å². The molecule has 0 bridgehead atoms. The van der Waals surface area contributed by atoms with E-state index in [1.54, 1.807) is 30.3 Å². The molecular weight excluding hydrogens is 288 g/mol. The van der Waals surface area contributed by atoms with Crippen molar-refractivity contribution in [2.24, 2.45) is 0 Å². The molecule has 0 fully saturated rings. The van der Waals surface area contributed by atoms with Crippen LogP contribution in [-0.4, -0.2) is 6.29 Å². The van der Waals surface area contributed by atoms with Gasteiger partial charge in [0.25, 0.3) is 0 Å². The van der Waals surface area contributed by atoms with E-state index in [-0.39, 0.29) is 12.9 Å². The minimum absolute atomic E-state index is 0.0348. The highest BCUT2D eigenvalue weighted by Crippen LogP contribution is 2.35. The summed E-state index contributed by atoms with van der Waals surface area (Å²) in [6, 6.07) is 9.64. The number of alkyl halides is 3. The molecule has 0 aliphatic carbocycles. The fraction of sp³-hybridized carbons (Fsp3) is 0.133. The number of halogens is 4.